The fourth-order valence-electron chi connectivity index (χ4n) is 2.47. The van der Waals surface area contributed by atoms with Crippen molar-refractivity contribution >= 4 is 28.1 Å². The van der Waals surface area contributed by atoms with Crippen LogP contribution in [-0.4, -0.2) is 12.1 Å². The number of aromatic nitrogens is 1. The fraction of sp³-hybridized carbons (Fsp3) is 0.118. The minimum absolute atomic E-state index is 0.478. The van der Waals surface area contributed by atoms with Crippen LogP contribution in [0.5, 0.6) is 5.75 Å². The largest absolute Gasteiger partial charge is 0.496 e. The second-order valence-electron chi connectivity index (χ2n) is 4.88. The summed E-state index contributed by atoms with van der Waals surface area (Å²) in [4.78, 5) is 4.48. The van der Waals surface area contributed by atoms with Gasteiger partial charge in [0.1, 0.15) is 5.75 Å². The van der Waals surface area contributed by atoms with Gasteiger partial charge in [0.05, 0.1) is 29.1 Å². The maximum absolute atomic E-state index is 6.27. The molecule has 0 radical (unpaired) electrons. The number of fused-ring (bicyclic) bond motifs is 1. The van der Waals surface area contributed by atoms with Gasteiger partial charge in [-0.1, -0.05) is 41.9 Å². The van der Waals surface area contributed by atoms with Crippen LogP contribution in [0.3, 0.4) is 0 Å². The number of hydrogen-bond donors (Lipinski definition) is 1. The summed E-state index contributed by atoms with van der Waals surface area (Å²) in [5.41, 5.74) is 9.04. The fourth-order valence-corrected chi connectivity index (χ4v) is 2.61. The Balaban J connectivity index is 2.41. The molecule has 3 nitrogen and oxygen atoms in total. The number of nitrogen functional groups attached to an aromatic ring is 1. The van der Waals surface area contributed by atoms with Crippen molar-refractivity contribution in [3.05, 3.63) is 53.2 Å². The molecule has 0 spiro atoms. The molecule has 0 fully saturated rings. The predicted molar refractivity (Wildman–Crippen MR) is 87.9 cm³/mol. The summed E-state index contributed by atoms with van der Waals surface area (Å²) in [6, 6.07) is 12.0. The molecule has 2 N–H and O–H groups in total. The molecule has 0 unspecified atom stereocenters. The Kier molecular flexibility index (Phi) is 3.43. The number of ether oxygens (including phenoxy) is 1. The summed E-state index contributed by atoms with van der Waals surface area (Å²) in [6.45, 7) is 1.88. The van der Waals surface area contributed by atoms with Gasteiger partial charge >= 0.3 is 0 Å². The quantitative estimate of drug-likeness (QED) is 0.760. The Labute approximate surface area is 128 Å². The number of rotatable bonds is 2. The van der Waals surface area contributed by atoms with Crippen molar-refractivity contribution in [1.29, 1.82) is 0 Å². The maximum Gasteiger partial charge on any atom is 0.128 e. The van der Waals surface area contributed by atoms with Crippen molar-refractivity contribution in [3.8, 4) is 17.0 Å². The molecule has 2 aromatic carbocycles. The highest BCUT2D eigenvalue weighted by atomic mass is 35.5. The van der Waals surface area contributed by atoms with Crippen LogP contribution < -0.4 is 10.5 Å². The molecule has 1 aromatic heterocycles. The van der Waals surface area contributed by atoms with E-state index in [1.165, 1.54) is 0 Å². The van der Waals surface area contributed by atoms with Crippen molar-refractivity contribution in [2.24, 2.45) is 0 Å². The second kappa shape index (κ2) is 5.26. The van der Waals surface area contributed by atoms with Gasteiger partial charge < -0.3 is 10.5 Å². The van der Waals surface area contributed by atoms with Gasteiger partial charge in [-0.3, -0.25) is 4.98 Å². The Morgan fingerprint density at radius 1 is 1.14 bits per heavy atom. The molecule has 0 atom stereocenters. The first-order valence-corrected chi connectivity index (χ1v) is 6.98. The first-order chi connectivity index (χ1) is 10.1. The lowest BCUT2D eigenvalue weighted by Crippen LogP contribution is -1.99. The lowest BCUT2D eigenvalue weighted by molar-refractivity contribution is 0.417. The Morgan fingerprint density at radius 2 is 1.90 bits per heavy atom. The van der Waals surface area contributed by atoms with E-state index in [2.05, 4.69) is 4.98 Å². The smallest absolute Gasteiger partial charge is 0.128 e. The first-order valence-electron chi connectivity index (χ1n) is 6.60. The van der Waals surface area contributed by atoms with Crippen molar-refractivity contribution in [1.82, 2.24) is 4.98 Å². The van der Waals surface area contributed by atoms with Crippen LogP contribution >= 0.6 is 11.6 Å². The van der Waals surface area contributed by atoms with Gasteiger partial charge in [0, 0.05) is 6.20 Å². The number of nitrogens with zero attached hydrogens (tertiary/aromatic N) is 1. The third-order valence-corrected chi connectivity index (χ3v) is 4.07. The van der Waals surface area contributed by atoms with Gasteiger partial charge in [-0.05, 0) is 29.3 Å². The van der Waals surface area contributed by atoms with Crippen LogP contribution in [0, 0.1) is 6.92 Å². The van der Waals surface area contributed by atoms with E-state index in [0.29, 0.717) is 16.4 Å². The molecule has 0 aliphatic heterocycles. The average molecular weight is 299 g/mol. The summed E-state index contributed by atoms with van der Waals surface area (Å²) in [6.07, 6.45) is 1.73. The third kappa shape index (κ3) is 2.20. The van der Waals surface area contributed by atoms with Crippen molar-refractivity contribution in [2.75, 3.05) is 12.8 Å². The van der Waals surface area contributed by atoms with Crippen LogP contribution in [0.25, 0.3) is 22.0 Å². The summed E-state index contributed by atoms with van der Waals surface area (Å²) >= 11 is 6.27. The summed E-state index contributed by atoms with van der Waals surface area (Å²) in [5.74, 6) is 0.729. The highest BCUT2D eigenvalue weighted by molar-refractivity contribution is 6.34. The Morgan fingerprint density at radius 3 is 2.67 bits per heavy atom. The lowest BCUT2D eigenvalue weighted by Gasteiger charge is -2.14. The van der Waals surface area contributed by atoms with Crippen LogP contribution in [0.1, 0.15) is 5.56 Å². The molecule has 3 rings (SSSR count). The standard InChI is InChI=1S/C17H15ClN2O/c1-10-9-20-17(16(19)15(10)18)14-12-6-4-3-5-11(12)7-8-13(14)21-2/h3-9H,19H2,1-2H3. The molecule has 4 heteroatoms. The van der Waals surface area contributed by atoms with Crippen molar-refractivity contribution in [3.63, 3.8) is 0 Å². The molecule has 0 aliphatic rings. The molecule has 1 heterocycles. The molecule has 21 heavy (non-hydrogen) atoms. The van der Waals surface area contributed by atoms with Gasteiger partial charge in [-0.2, -0.15) is 0 Å². The van der Waals surface area contributed by atoms with Crippen molar-refractivity contribution in [2.45, 2.75) is 6.92 Å². The van der Waals surface area contributed by atoms with E-state index in [4.69, 9.17) is 22.1 Å². The van der Waals surface area contributed by atoms with E-state index in [1.807, 2.05) is 43.3 Å². The number of methoxy groups -OCH3 is 1. The lowest BCUT2D eigenvalue weighted by atomic mass is 9.99. The summed E-state index contributed by atoms with van der Waals surface area (Å²) in [5, 5.41) is 2.68. The number of hydrogen-bond acceptors (Lipinski definition) is 3. The predicted octanol–water partition coefficient (Wildman–Crippen LogP) is 4.45. The Hall–Kier alpha value is -2.26. The number of benzene rings is 2. The molecule has 106 valence electrons. The maximum atomic E-state index is 6.27. The third-order valence-electron chi connectivity index (χ3n) is 3.57. The molecule has 0 aliphatic carbocycles. The zero-order valence-corrected chi connectivity index (χ0v) is 12.6. The SMILES string of the molecule is COc1ccc2ccccc2c1-c1ncc(C)c(Cl)c1N. The number of halogens is 1. The molecule has 0 amide bonds. The summed E-state index contributed by atoms with van der Waals surface area (Å²) in [7, 11) is 1.64. The van der Waals surface area contributed by atoms with Gasteiger partial charge in [0.2, 0.25) is 0 Å². The Bertz CT molecular complexity index is 830. The van der Waals surface area contributed by atoms with Crippen LogP contribution in [0.4, 0.5) is 5.69 Å². The number of anilines is 1. The van der Waals surface area contributed by atoms with Crippen LogP contribution in [0.15, 0.2) is 42.6 Å². The van der Waals surface area contributed by atoms with E-state index in [9.17, 15) is 0 Å². The highest BCUT2D eigenvalue weighted by Gasteiger charge is 2.17. The van der Waals surface area contributed by atoms with Crippen LogP contribution in [-0.2, 0) is 0 Å². The topological polar surface area (TPSA) is 48.1 Å². The number of pyridine rings is 1. The van der Waals surface area contributed by atoms with E-state index in [0.717, 1.165) is 27.6 Å². The summed E-state index contributed by atoms with van der Waals surface area (Å²) < 4.78 is 5.49. The van der Waals surface area contributed by atoms with Gasteiger partial charge in [0.15, 0.2) is 0 Å². The minimum atomic E-state index is 0.478. The van der Waals surface area contributed by atoms with E-state index in [-0.39, 0.29) is 0 Å². The van der Waals surface area contributed by atoms with Crippen molar-refractivity contribution < 1.29 is 4.74 Å². The second-order valence-corrected chi connectivity index (χ2v) is 5.26. The highest BCUT2D eigenvalue weighted by Crippen LogP contribution is 2.40. The van der Waals surface area contributed by atoms with E-state index in [1.54, 1.807) is 13.3 Å². The first kappa shape index (κ1) is 13.7. The normalized spacial score (nSPS) is 10.8. The number of aryl methyl sites for hydroxylation is 1. The van der Waals surface area contributed by atoms with Gasteiger partial charge in [0.25, 0.3) is 0 Å². The monoisotopic (exact) mass is 298 g/mol. The zero-order chi connectivity index (χ0) is 15.0. The van der Waals surface area contributed by atoms with E-state index >= 15 is 0 Å². The van der Waals surface area contributed by atoms with E-state index < -0.39 is 0 Å². The molecule has 0 saturated heterocycles. The molecule has 0 saturated carbocycles. The molecular weight excluding hydrogens is 284 g/mol. The van der Waals surface area contributed by atoms with Crippen LogP contribution in [0.2, 0.25) is 5.02 Å². The minimum Gasteiger partial charge on any atom is -0.496 e. The van der Waals surface area contributed by atoms with Gasteiger partial charge in [-0.25, -0.2) is 0 Å². The zero-order valence-electron chi connectivity index (χ0n) is 11.9. The molecule has 3 aromatic rings. The molecule has 0 bridgehead atoms. The van der Waals surface area contributed by atoms with Gasteiger partial charge in [-0.15, -0.1) is 0 Å². The number of nitrogens with two attached hydrogens (primary N) is 1. The average Bonchev–Trinajstić information content (AvgIpc) is 2.52. The molecular formula is C17H15ClN2O.